The highest BCUT2D eigenvalue weighted by atomic mass is 79.9. The summed E-state index contributed by atoms with van der Waals surface area (Å²) in [4.78, 5) is 0. The number of anilines is 1. The van der Waals surface area contributed by atoms with Gasteiger partial charge in [0.05, 0.1) is 0 Å². The fraction of sp³-hybridized carbons (Fsp3) is 0.538. The van der Waals surface area contributed by atoms with Crippen LogP contribution in [-0.4, -0.2) is 0 Å². The summed E-state index contributed by atoms with van der Waals surface area (Å²) in [7, 11) is 0. The number of hydrogen-bond donors (Lipinski definition) is 1. The first-order chi connectivity index (χ1) is 7.20. The lowest BCUT2D eigenvalue weighted by atomic mass is 9.95. The molecular formula is C13H16BrN. The molecule has 0 heterocycles. The van der Waals surface area contributed by atoms with E-state index in [0.717, 1.165) is 5.69 Å². The van der Waals surface area contributed by atoms with Crippen molar-refractivity contribution in [2.75, 3.05) is 5.73 Å². The maximum Gasteiger partial charge on any atom is 0.0388 e. The number of nitrogens with two attached hydrogens (primary N) is 1. The number of benzene rings is 1. The lowest BCUT2D eigenvalue weighted by molar-refractivity contribution is 0.747. The molecule has 0 aliphatic heterocycles. The average molecular weight is 266 g/mol. The Morgan fingerprint density at radius 1 is 1.13 bits per heavy atom. The summed E-state index contributed by atoms with van der Waals surface area (Å²) in [6.07, 6.45) is 6.13. The molecule has 2 heteroatoms. The molecule has 2 N–H and O–H groups in total. The van der Waals surface area contributed by atoms with E-state index in [4.69, 9.17) is 5.73 Å². The van der Waals surface area contributed by atoms with Crippen molar-refractivity contribution in [2.24, 2.45) is 0 Å². The topological polar surface area (TPSA) is 26.0 Å². The Kier molecular flexibility index (Phi) is 2.10. The average Bonchev–Trinajstić information content (AvgIpc) is 2.80. The van der Waals surface area contributed by atoms with E-state index < -0.39 is 0 Å². The zero-order valence-electron chi connectivity index (χ0n) is 9.07. The third-order valence-corrected chi connectivity index (χ3v) is 4.97. The lowest BCUT2D eigenvalue weighted by Gasteiger charge is -2.16. The predicted octanol–water partition coefficient (Wildman–Crippen LogP) is 3.57. The summed E-state index contributed by atoms with van der Waals surface area (Å²) >= 11 is 3.79. The minimum absolute atomic E-state index is 0.655. The number of fused-ring (bicyclic) bond motifs is 2. The zero-order valence-corrected chi connectivity index (χ0v) is 10.7. The summed E-state index contributed by atoms with van der Waals surface area (Å²) in [5.41, 5.74) is 13.3. The van der Waals surface area contributed by atoms with Crippen molar-refractivity contribution in [1.29, 1.82) is 0 Å². The Morgan fingerprint density at radius 2 is 1.87 bits per heavy atom. The number of hydrogen-bond acceptors (Lipinski definition) is 1. The fourth-order valence-corrected chi connectivity index (χ4v) is 4.07. The second kappa shape index (κ2) is 3.24. The van der Waals surface area contributed by atoms with Crippen molar-refractivity contribution in [1.82, 2.24) is 0 Å². The van der Waals surface area contributed by atoms with Crippen molar-refractivity contribution in [2.45, 2.75) is 44.9 Å². The van der Waals surface area contributed by atoms with E-state index in [2.05, 4.69) is 22.9 Å². The molecule has 0 amide bonds. The minimum atomic E-state index is 0.655. The molecule has 80 valence electrons. The molecular weight excluding hydrogens is 250 g/mol. The highest BCUT2D eigenvalue weighted by molar-refractivity contribution is 9.10. The normalized spacial score (nSPS) is 22.9. The molecule has 0 bridgehead atoms. The smallest absolute Gasteiger partial charge is 0.0388 e. The number of nitrogen functional groups attached to an aromatic ring is 1. The van der Waals surface area contributed by atoms with Crippen LogP contribution in [0.4, 0.5) is 5.69 Å². The maximum atomic E-state index is 6.32. The molecule has 15 heavy (non-hydrogen) atoms. The summed E-state index contributed by atoms with van der Waals surface area (Å²) in [5, 5.41) is 0. The van der Waals surface area contributed by atoms with E-state index >= 15 is 0 Å². The van der Waals surface area contributed by atoms with Crippen LogP contribution in [0.3, 0.4) is 0 Å². The molecule has 0 saturated carbocycles. The van der Waals surface area contributed by atoms with Crippen molar-refractivity contribution >= 4 is 21.6 Å². The molecule has 1 nitrogen and oxygen atoms in total. The van der Waals surface area contributed by atoms with Gasteiger partial charge in [0.2, 0.25) is 0 Å². The highest BCUT2D eigenvalue weighted by Gasteiger charge is 2.29. The Morgan fingerprint density at radius 3 is 2.67 bits per heavy atom. The van der Waals surface area contributed by atoms with E-state index in [0.29, 0.717) is 5.92 Å². The molecule has 2 aliphatic rings. The van der Waals surface area contributed by atoms with E-state index in [-0.39, 0.29) is 0 Å². The number of halogens is 1. The van der Waals surface area contributed by atoms with Gasteiger partial charge in [-0.05, 0) is 60.3 Å². The molecule has 0 fully saturated rings. The van der Waals surface area contributed by atoms with Crippen LogP contribution in [0.25, 0.3) is 0 Å². The lowest BCUT2D eigenvalue weighted by Crippen LogP contribution is -2.03. The molecule has 0 spiro atoms. The molecule has 0 unspecified atom stereocenters. The van der Waals surface area contributed by atoms with Gasteiger partial charge in [-0.3, -0.25) is 0 Å². The van der Waals surface area contributed by atoms with Gasteiger partial charge < -0.3 is 5.73 Å². The predicted molar refractivity (Wildman–Crippen MR) is 67.3 cm³/mol. The molecule has 0 radical (unpaired) electrons. The van der Waals surface area contributed by atoms with E-state index in [9.17, 15) is 0 Å². The maximum absolute atomic E-state index is 6.32. The van der Waals surface area contributed by atoms with Crippen LogP contribution in [0, 0.1) is 0 Å². The van der Waals surface area contributed by atoms with Crippen LogP contribution < -0.4 is 5.73 Å². The molecule has 0 saturated heterocycles. The van der Waals surface area contributed by atoms with Gasteiger partial charge in [0, 0.05) is 10.2 Å². The third kappa shape index (κ3) is 1.20. The van der Waals surface area contributed by atoms with Crippen molar-refractivity contribution in [3.05, 3.63) is 26.7 Å². The van der Waals surface area contributed by atoms with Crippen molar-refractivity contribution in [3.63, 3.8) is 0 Å². The SMILES string of the molecule is C[C@@H]1CCc2c(Br)c3c(c(N)c21)CCC3. The van der Waals surface area contributed by atoms with Gasteiger partial charge >= 0.3 is 0 Å². The van der Waals surface area contributed by atoms with Gasteiger partial charge in [0.1, 0.15) is 0 Å². The van der Waals surface area contributed by atoms with Crippen molar-refractivity contribution in [3.8, 4) is 0 Å². The molecule has 3 rings (SSSR count). The molecule has 1 aromatic carbocycles. The Labute approximate surface area is 99.2 Å². The minimum Gasteiger partial charge on any atom is -0.398 e. The first-order valence-electron chi connectivity index (χ1n) is 5.81. The van der Waals surface area contributed by atoms with Gasteiger partial charge in [0.15, 0.2) is 0 Å². The summed E-state index contributed by atoms with van der Waals surface area (Å²) in [6.45, 7) is 2.30. The summed E-state index contributed by atoms with van der Waals surface area (Å²) in [6, 6.07) is 0. The van der Waals surface area contributed by atoms with Crippen LogP contribution in [0.5, 0.6) is 0 Å². The first-order valence-corrected chi connectivity index (χ1v) is 6.61. The quantitative estimate of drug-likeness (QED) is 0.714. The second-order valence-corrected chi connectivity index (χ2v) is 5.66. The van der Waals surface area contributed by atoms with Crippen molar-refractivity contribution < 1.29 is 0 Å². The molecule has 2 aliphatic carbocycles. The van der Waals surface area contributed by atoms with Crippen LogP contribution in [0.2, 0.25) is 0 Å². The van der Waals surface area contributed by atoms with E-state index in [1.165, 1.54) is 58.8 Å². The summed E-state index contributed by atoms with van der Waals surface area (Å²) in [5.74, 6) is 0.655. The van der Waals surface area contributed by atoms with Gasteiger partial charge in [-0.1, -0.05) is 22.9 Å². The van der Waals surface area contributed by atoms with E-state index in [1.54, 1.807) is 0 Å². The molecule has 1 aromatic rings. The highest BCUT2D eigenvalue weighted by Crippen LogP contribution is 2.46. The largest absolute Gasteiger partial charge is 0.398 e. The zero-order chi connectivity index (χ0) is 10.6. The Balaban J connectivity index is 2.33. The first kappa shape index (κ1) is 9.71. The second-order valence-electron chi connectivity index (χ2n) is 4.87. The van der Waals surface area contributed by atoms with Crippen LogP contribution in [0.1, 0.15) is 47.9 Å². The monoisotopic (exact) mass is 265 g/mol. The summed E-state index contributed by atoms with van der Waals surface area (Å²) < 4.78 is 1.38. The standard InChI is InChI=1S/C13H16BrN/c1-7-5-6-10-11(7)13(15)9-4-2-3-8(9)12(10)14/h7H,2-6,15H2,1H3/t7-/m1/s1. The van der Waals surface area contributed by atoms with E-state index in [1.807, 2.05) is 0 Å². The number of rotatable bonds is 0. The van der Waals surface area contributed by atoms with Gasteiger partial charge in [-0.15, -0.1) is 0 Å². The van der Waals surface area contributed by atoms with Gasteiger partial charge in [-0.25, -0.2) is 0 Å². The van der Waals surface area contributed by atoms with Crippen LogP contribution >= 0.6 is 15.9 Å². The van der Waals surface area contributed by atoms with Crippen LogP contribution in [-0.2, 0) is 19.3 Å². The fourth-order valence-electron chi connectivity index (χ4n) is 3.22. The van der Waals surface area contributed by atoms with Crippen LogP contribution in [0.15, 0.2) is 4.47 Å². The molecule has 0 aromatic heterocycles. The van der Waals surface area contributed by atoms with Gasteiger partial charge in [-0.2, -0.15) is 0 Å². The molecule has 1 atom stereocenters. The third-order valence-electron chi connectivity index (χ3n) is 4.01. The Bertz CT molecular complexity index is 437. The van der Waals surface area contributed by atoms with Gasteiger partial charge in [0.25, 0.3) is 0 Å². The Hall–Kier alpha value is -0.500.